The van der Waals surface area contributed by atoms with Gasteiger partial charge >= 0.3 is 0 Å². The van der Waals surface area contributed by atoms with Gasteiger partial charge in [0.05, 0.1) is 13.2 Å². The molecule has 0 spiro atoms. The molecule has 0 saturated heterocycles. The Morgan fingerprint density at radius 1 is 1.38 bits per heavy atom. The number of benzene rings is 1. The van der Waals surface area contributed by atoms with Crippen molar-refractivity contribution in [2.45, 2.75) is 25.9 Å². The molecule has 0 atom stereocenters. The first-order valence-corrected chi connectivity index (χ1v) is 7.10. The van der Waals surface area contributed by atoms with Gasteiger partial charge in [0.25, 0.3) is 0 Å². The minimum absolute atomic E-state index is 0.370. The van der Waals surface area contributed by atoms with Gasteiger partial charge in [-0.1, -0.05) is 34.5 Å². The third-order valence-electron chi connectivity index (χ3n) is 3.32. The normalized spacial score (nSPS) is 18.1. The van der Waals surface area contributed by atoms with Crippen molar-refractivity contribution in [3.63, 3.8) is 0 Å². The molecule has 0 amide bonds. The minimum Gasteiger partial charge on any atom is -0.376 e. The van der Waals surface area contributed by atoms with Crippen LogP contribution in [0, 0.1) is 5.41 Å². The zero-order valence-electron chi connectivity index (χ0n) is 9.29. The third kappa shape index (κ3) is 3.02. The fraction of sp³-hybridized carbons (Fsp3) is 0.538. The number of rotatable bonds is 5. The SMILES string of the molecule is SCC1(COCc2cccc(Br)c2)CCC1. The maximum Gasteiger partial charge on any atom is 0.0717 e. The van der Waals surface area contributed by atoms with Gasteiger partial charge in [-0.3, -0.25) is 0 Å². The summed E-state index contributed by atoms with van der Waals surface area (Å²) in [6.07, 6.45) is 3.88. The van der Waals surface area contributed by atoms with Gasteiger partial charge in [-0.25, -0.2) is 0 Å². The number of thiol groups is 1. The van der Waals surface area contributed by atoms with E-state index >= 15 is 0 Å². The number of ether oxygens (including phenoxy) is 1. The van der Waals surface area contributed by atoms with Gasteiger partial charge in [-0.15, -0.1) is 0 Å². The average molecular weight is 301 g/mol. The molecule has 0 aliphatic heterocycles. The summed E-state index contributed by atoms with van der Waals surface area (Å²) in [4.78, 5) is 0. The second kappa shape index (κ2) is 5.56. The largest absolute Gasteiger partial charge is 0.376 e. The first-order chi connectivity index (χ1) is 7.74. The summed E-state index contributed by atoms with van der Waals surface area (Å²) in [5.41, 5.74) is 1.60. The van der Waals surface area contributed by atoms with Crippen LogP contribution in [0.15, 0.2) is 28.7 Å². The summed E-state index contributed by atoms with van der Waals surface area (Å²) in [5, 5.41) is 0. The van der Waals surface area contributed by atoms with Crippen molar-refractivity contribution < 1.29 is 4.74 Å². The molecular formula is C13H17BrOS. The van der Waals surface area contributed by atoms with Gasteiger partial charge in [0.1, 0.15) is 0 Å². The Balaban J connectivity index is 1.79. The van der Waals surface area contributed by atoms with Crippen LogP contribution in [0.2, 0.25) is 0 Å². The lowest BCUT2D eigenvalue weighted by Gasteiger charge is -2.40. The summed E-state index contributed by atoms with van der Waals surface area (Å²) in [5.74, 6) is 0.950. The summed E-state index contributed by atoms with van der Waals surface area (Å²) in [6.45, 7) is 1.55. The average Bonchev–Trinajstić information content (AvgIpc) is 2.22. The van der Waals surface area contributed by atoms with E-state index in [1.54, 1.807) is 0 Å². The Labute approximate surface area is 111 Å². The topological polar surface area (TPSA) is 9.23 Å². The Morgan fingerprint density at radius 3 is 2.75 bits per heavy atom. The van der Waals surface area contributed by atoms with Crippen LogP contribution in [0.1, 0.15) is 24.8 Å². The molecule has 16 heavy (non-hydrogen) atoms. The molecule has 0 aromatic heterocycles. The molecule has 0 N–H and O–H groups in total. The van der Waals surface area contributed by atoms with E-state index in [4.69, 9.17) is 4.74 Å². The number of halogens is 1. The molecule has 88 valence electrons. The van der Waals surface area contributed by atoms with Crippen LogP contribution in [-0.4, -0.2) is 12.4 Å². The molecule has 0 radical (unpaired) electrons. The summed E-state index contributed by atoms with van der Waals surface area (Å²) in [6, 6.07) is 8.28. The lowest BCUT2D eigenvalue weighted by atomic mass is 9.71. The maximum atomic E-state index is 5.80. The Hall–Kier alpha value is 0.01000. The molecule has 1 aliphatic carbocycles. The molecule has 0 heterocycles. The molecule has 0 bridgehead atoms. The van der Waals surface area contributed by atoms with E-state index in [9.17, 15) is 0 Å². The van der Waals surface area contributed by atoms with E-state index in [2.05, 4.69) is 40.7 Å². The predicted octanol–water partition coefficient (Wildman–Crippen LogP) is 4.07. The Kier molecular flexibility index (Phi) is 4.34. The molecule has 3 heteroatoms. The molecular weight excluding hydrogens is 284 g/mol. The van der Waals surface area contributed by atoms with Crippen LogP contribution in [0.4, 0.5) is 0 Å². The van der Waals surface area contributed by atoms with Crippen molar-refractivity contribution >= 4 is 28.6 Å². The van der Waals surface area contributed by atoms with Crippen molar-refractivity contribution in [3.05, 3.63) is 34.3 Å². The molecule has 1 fully saturated rings. The predicted molar refractivity (Wildman–Crippen MR) is 73.9 cm³/mol. The number of hydrogen-bond acceptors (Lipinski definition) is 2. The van der Waals surface area contributed by atoms with Gasteiger partial charge in [0.2, 0.25) is 0 Å². The fourth-order valence-corrected chi connectivity index (χ4v) is 2.89. The van der Waals surface area contributed by atoms with Gasteiger partial charge in [-0.05, 0) is 36.3 Å². The van der Waals surface area contributed by atoms with E-state index in [0.717, 1.165) is 16.8 Å². The highest BCUT2D eigenvalue weighted by Crippen LogP contribution is 2.42. The molecule has 1 aromatic rings. The zero-order valence-corrected chi connectivity index (χ0v) is 11.8. The highest BCUT2D eigenvalue weighted by molar-refractivity contribution is 9.10. The van der Waals surface area contributed by atoms with Crippen LogP contribution in [0.5, 0.6) is 0 Å². The van der Waals surface area contributed by atoms with E-state index < -0.39 is 0 Å². The molecule has 1 saturated carbocycles. The van der Waals surface area contributed by atoms with Crippen molar-refractivity contribution in [2.75, 3.05) is 12.4 Å². The molecule has 2 rings (SSSR count). The molecule has 1 nitrogen and oxygen atoms in total. The lowest BCUT2D eigenvalue weighted by molar-refractivity contribution is 0.00217. The van der Waals surface area contributed by atoms with Crippen LogP contribution in [0.3, 0.4) is 0 Å². The summed E-state index contributed by atoms with van der Waals surface area (Å²) < 4.78 is 6.92. The van der Waals surface area contributed by atoms with E-state index in [1.807, 2.05) is 12.1 Å². The third-order valence-corrected chi connectivity index (χ3v) is 4.48. The maximum absolute atomic E-state index is 5.80. The van der Waals surface area contributed by atoms with Crippen LogP contribution in [0.25, 0.3) is 0 Å². The van der Waals surface area contributed by atoms with Crippen LogP contribution < -0.4 is 0 Å². The van der Waals surface area contributed by atoms with E-state index in [1.165, 1.54) is 24.8 Å². The first kappa shape index (κ1) is 12.5. The molecule has 0 unspecified atom stereocenters. The Morgan fingerprint density at radius 2 is 2.19 bits per heavy atom. The lowest BCUT2D eigenvalue weighted by Crippen LogP contribution is -2.36. The second-order valence-electron chi connectivity index (χ2n) is 4.63. The monoisotopic (exact) mass is 300 g/mol. The summed E-state index contributed by atoms with van der Waals surface area (Å²) >= 11 is 7.89. The van der Waals surface area contributed by atoms with Crippen molar-refractivity contribution in [2.24, 2.45) is 5.41 Å². The van der Waals surface area contributed by atoms with Crippen molar-refractivity contribution in [3.8, 4) is 0 Å². The van der Waals surface area contributed by atoms with E-state index in [-0.39, 0.29) is 0 Å². The minimum atomic E-state index is 0.370. The standard InChI is InChI=1S/C13H17BrOS/c14-12-4-1-3-11(7-12)8-15-9-13(10-16)5-2-6-13/h1,3-4,7,16H,2,5-6,8-10H2. The Bertz CT molecular complexity index is 344. The van der Waals surface area contributed by atoms with Gasteiger partial charge in [-0.2, -0.15) is 12.6 Å². The van der Waals surface area contributed by atoms with Crippen LogP contribution >= 0.6 is 28.6 Å². The highest BCUT2D eigenvalue weighted by Gasteiger charge is 2.35. The van der Waals surface area contributed by atoms with Gasteiger partial charge in [0.15, 0.2) is 0 Å². The second-order valence-corrected chi connectivity index (χ2v) is 5.87. The van der Waals surface area contributed by atoms with E-state index in [0.29, 0.717) is 12.0 Å². The van der Waals surface area contributed by atoms with Crippen molar-refractivity contribution in [1.82, 2.24) is 0 Å². The fourth-order valence-electron chi connectivity index (χ4n) is 2.04. The quantitative estimate of drug-likeness (QED) is 0.807. The summed E-state index contributed by atoms with van der Waals surface area (Å²) in [7, 11) is 0. The zero-order chi connectivity index (χ0) is 11.4. The van der Waals surface area contributed by atoms with Crippen molar-refractivity contribution in [1.29, 1.82) is 0 Å². The first-order valence-electron chi connectivity index (χ1n) is 5.67. The van der Waals surface area contributed by atoms with Gasteiger partial charge in [0, 0.05) is 9.89 Å². The smallest absolute Gasteiger partial charge is 0.0717 e. The van der Waals surface area contributed by atoms with Gasteiger partial charge < -0.3 is 4.74 Å². The van der Waals surface area contributed by atoms with Crippen LogP contribution in [-0.2, 0) is 11.3 Å². The number of hydrogen-bond donors (Lipinski definition) is 1. The molecule has 1 aromatic carbocycles. The molecule has 1 aliphatic rings. The highest BCUT2D eigenvalue weighted by atomic mass is 79.9.